The highest BCUT2D eigenvalue weighted by Crippen LogP contribution is 2.39. The highest BCUT2D eigenvalue weighted by Gasteiger charge is 2.39. The summed E-state index contributed by atoms with van der Waals surface area (Å²) in [6.45, 7) is 14.1. The van der Waals surface area contributed by atoms with Crippen molar-refractivity contribution in [3.05, 3.63) is 29.5 Å². The van der Waals surface area contributed by atoms with Gasteiger partial charge < -0.3 is 30.1 Å². The van der Waals surface area contributed by atoms with Gasteiger partial charge >= 0.3 is 0 Å². The number of aromatic nitrogens is 2. The Kier molecular flexibility index (Phi) is 9.70. The van der Waals surface area contributed by atoms with E-state index in [1.54, 1.807) is 25.1 Å². The highest BCUT2D eigenvalue weighted by molar-refractivity contribution is 6.05. The largest absolute Gasteiger partial charge is 0.495 e. The van der Waals surface area contributed by atoms with Crippen molar-refractivity contribution in [1.82, 2.24) is 25.1 Å². The number of likely N-dealkylation sites (N-methyl/N-ethyl adjacent to an activating group) is 1. The van der Waals surface area contributed by atoms with Crippen molar-refractivity contribution in [3.8, 4) is 5.75 Å². The molecule has 11 heteroatoms. The van der Waals surface area contributed by atoms with Gasteiger partial charge in [-0.2, -0.15) is 4.98 Å². The summed E-state index contributed by atoms with van der Waals surface area (Å²) in [5.41, 5.74) is 2.67. The molecule has 1 aromatic heterocycles. The fraction of sp³-hybridized carbons (Fsp3) is 0.657. The van der Waals surface area contributed by atoms with Crippen molar-refractivity contribution in [3.63, 3.8) is 0 Å². The molecule has 11 nitrogen and oxygen atoms in total. The maximum atomic E-state index is 13.3. The fourth-order valence-corrected chi connectivity index (χ4v) is 7.64. The van der Waals surface area contributed by atoms with Crippen LogP contribution in [0.5, 0.6) is 5.75 Å². The van der Waals surface area contributed by atoms with Crippen LogP contribution in [0.4, 0.5) is 23.1 Å². The fourth-order valence-electron chi connectivity index (χ4n) is 7.64. The standard InChI is InChI=1S/C35H52N8O3/c1-7-29-34(45)40(5)31-23(4)36-35(39-32(31)43(29)22(2)3)38-28-15-10-25(20-30(28)46-6)33(44)37-26-11-13-27(14-12-26)42-18-16-41(17-19-42)21-24-8-9-24/h10,15,20,22,24,26-27,29H,7-9,11-14,16-19,21H2,1-6H3,(H,37,44)(H,36,38,39). The Hall–Kier alpha value is -3.44. The van der Waals surface area contributed by atoms with Gasteiger partial charge in [0, 0.05) is 63.5 Å². The Balaban J connectivity index is 1.08. The minimum atomic E-state index is -0.283. The summed E-state index contributed by atoms with van der Waals surface area (Å²) in [5, 5.41) is 6.60. The normalized spacial score (nSPS) is 24.2. The van der Waals surface area contributed by atoms with E-state index in [2.05, 4.69) is 39.2 Å². The van der Waals surface area contributed by atoms with Gasteiger partial charge in [0.15, 0.2) is 5.82 Å². The van der Waals surface area contributed by atoms with Gasteiger partial charge in [0.05, 0.1) is 18.5 Å². The third-order valence-corrected chi connectivity index (χ3v) is 10.4. The molecule has 0 bridgehead atoms. The van der Waals surface area contributed by atoms with Gasteiger partial charge in [0.25, 0.3) is 5.91 Å². The molecule has 3 heterocycles. The van der Waals surface area contributed by atoms with E-state index in [0.29, 0.717) is 41.1 Å². The lowest BCUT2D eigenvalue weighted by molar-refractivity contribution is -0.120. The van der Waals surface area contributed by atoms with Crippen molar-refractivity contribution in [2.75, 3.05) is 62.0 Å². The van der Waals surface area contributed by atoms with Gasteiger partial charge in [-0.1, -0.05) is 6.92 Å². The Morgan fingerprint density at radius 3 is 2.39 bits per heavy atom. The average molecular weight is 633 g/mol. The molecular weight excluding hydrogens is 580 g/mol. The van der Waals surface area contributed by atoms with Gasteiger partial charge in [-0.15, -0.1) is 0 Å². The van der Waals surface area contributed by atoms with Crippen LogP contribution in [0.1, 0.15) is 81.8 Å². The van der Waals surface area contributed by atoms with Crippen LogP contribution in [0.25, 0.3) is 0 Å². The van der Waals surface area contributed by atoms with E-state index in [1.807, 2.05) is 26.0 Å². The van der Waals surface area contributed by atoms with Crippen molar-refractivity contribution >= 4 is 35.0 Å². The number of methoxy groups -OCH3 is 1. The smallest absolute Gasteiger partial charge is 0.251 e. The summed E-state index contributed by atoms with van der Waals surface area (Å²) in [6.07, 6.45) is 7.83. The summed E-state index contributed by atoms with van der Waals surface area (Å²) >= 11 is 0. The molecule has 3 fully saturated rings. The average Bonchev–Trinajstić information content (AvgIpc) is 3.87. The highest BCUT2D eigenvalue weighted by atomic mass is 16.5. The number of hydrogen-bond donors (Lipinski definition) is 2. The van der Waals surface area contributed by atoms with Crippen molar-refractivity contribution in [2.45, 2.75) is 96.8 Å². The van der Waals surface area contributed by atoms with Gasteiger partial charge in [-0.3, -0.25) is 14.5 Å². The lowest BCUT2D eigenvalue weighted by Gasteiger charge is -2.43. The van der Waals surface area contributed by atoms with Crippen LogP contribution in [0.15, 0.2) is 18.2 Å². The van der Waals surface area contributed by atoms with Crippen LogP contribution in [0, 0.1) is 12.8 Å². The number of hydrogen-bond acceptors (Lipinski definition) is 9. The van der Waals surface area contributed by atoms with Gasteiger partial charge in [0.2, 0.25) is 11.9 Å². The minimum Gasteiger partial charge on any atom is -0.495 e. The van der Waals surface area contributed by atoms with E-state index in [9.17, 15) is 9.59 Å². The molecule has 2 N–H and O–H groups in total. The monoisotopic (exact) mass is 632 g/mol. The Morgan fingerprint density at radius 1 is 1.04 bits per heavy atom. The molecule has 1 saturated heterocycles. The second kappa shape index (κ2) is 13.7. The molecule has 2 aliphatic heterocycles. The third-order valence-electron chi connectivity index (χ3n) is 10.4. The molecule has 2 aromatic rings. The van der Waals surface area contributed by atoms with Crippen LogP contribution in [-0.4, -0.2) is 103 Å². The molecule has 1 unspecified atom stereocenters. The molecule has 0 spiro atoms. The van der Waals surface area contributed by atoms with Crippen molar-refractivity contribution < 1.29 is 14.3 Å². The van der Waals surface area contributed by atoms with Crippen molar-refractivity contribution in [2.24, 2.45) is 5.92 Å². The summed E-state index contributed by atoms with van der Waals surface area (Å²) in [5.74, 6) is 2.63. The maximum absolute atomic E-state index is 13.3. The molecule has 1 atom stereocenters. The predicted octanol–water partition coefficient (Wildman–Crippen LogP) is 4.58. The number of nitrogens with one attached hydrogen (secondary N) is 2. The van der Waals surface area contributed by atoms with Crippen LogP contribution >= 0.6 is 0 Å². The predicted molar refractivity (Wildman–Crippen MR) is 182 cm³/mol. The number of carbonyl (C=O) groups is 2. The summed E-state index contributed by atoms with van der Waals surface area (Å²) in [4.78, 5) is 45.2. The quantitative estimate of drug-likeness (QED) is 0.390. The van der Waals surface area contributed by atoms with Crippen LogP contribution in [-0.2, 0) is 4.79 Å². The second-order valence-corrected chi connectivity index (χ2v) is 13.9. The zero-order valence-corrected chi connectivity index (χ0v) is 28.5. The SMILES string of the molecule is CCC1C(=O)N(C)c2c(C)nc(Nc3ccc(C(=O)NC4CCC(N5CCN(CC6CC6)CC5)CC4)cc3OC)nc2N1C(C)C. The summed E-state index contributed by atoms with van der Waals surface area (Å²) in [6, 6.07) is 6.06. The van der Waals surface area contributed by atoms with E-state index in [4.69, 9.17) is 14.7 Å². The minimum absolute atomic E-state index is 0.0529. The Labute approximate surface area is 274 Å². The maximum Gasteiger partial charge on any atom is 0.251 e. The number of rotatable bonds is 10. The van der Waals surface area contributed by atoms with E-state index >= 15 is 0 Å². The molecule has 4 aliphatic rings. The number of aryl methyl sites for hydroxylation is 1. The molecule has 2 amide bonds. The number of nitrogens with zero attached hydrogens (tertiary/aromatic N) is 6. The van der Waals surface area contributed by atoms with Gasteiger partial charge in [-0.05, 0) is 89.8 Å². The van der Waals surface area contributed by atoms with Gasteiger partial charge in [-0.25, -0.2) is 4.98 Å². The first-order chi connectivity index (χ1) is 22.2. The number of benzene rings is 1. The van der Waals surface area contributed by atoms with Crippen molar-refractivity contribution in [1.29, 1.82) is 0 Å². The third kappa shape index (κ3) is 6.81. The molecule has 6 rings (SSSR count). The Morgan fingerprint density at radius 2 is 1.76 bits per heavy atom. The van der Waals surface area contributed by atoms with Crippen LogP contribution < -0.4 is 25.2 Å². The van der Waals surface area contributed by atoms with E-state index in [1.165, 1.54) is 45.6 Å². The molecule has 0 radical (unpaired) electrons. The molecular formula is C35H52N8O3. The van der Waals surface area contributed by atoms with E-state index in [0.717, 1.165) is 43.1 Å². The molecule has 2 saturated carbocycles. The van der Waals surface area contributed by atoms with E-state index < -0.39 is 0 Å². The van der Waals surface area contributed by atoms with E-state index in [-0.39, 0.29) is 29.9 Å². The van der Waals surface area contributed by atoms with Gasteiger partial charge in [0.1, 0.15) is 17.5 Å². The first-order valence-corrected chi connectivity index (χ1v) is 17.3. The number of carbonyl (C=O) groups excluding carboxylic acids is 2. The zero-order chi connectivity index (χ0) is 32.5. The first-order valence-electron chi connectivity index (χ1n) is 17.3. The second-order valence-electron chi connectivity index (χ2n) is 13.9. The number of piperazine rings is 1. The topological polar surface area (TPSA) is 106 Å². The summed E-state index contributed by atoms with van der Waals surface area (Å²) < 4.78 is 5.71. The number of amides is 2. The Bertz CT molecular complexity index is 1410. The molecule has 2 aliphatic carbocycles. The molecule has 250 valence electrons. The number of anilines is 4. The first kappa shape index (κ1) is 32.5. The number of ether oxygens (including phenoxy) is 1. The molecule has 1 aromatic carbocycles. The van der Waals surface area contributed by atoms with Crippen LogP contribution in [0.2, 0.25) is 0 Å². The zero-order valence-electron chi connectivity index (χ0n) is 28.5. The van der Waals surface area contributed by atoms with Crippen LogP contribution in [0.3, 0.4) is 0 Å². The lowest BCUT2D eigenvalue weighted by Crippen LogP contribution is -2.55. The molecule has 46 heavy (non-hydrogen) atoms. The lowest BCUT2D eigenvalue weighted by atomic mass is 9.89. The number of fused-ring (bicyclic) bond motifs is 1. The summed E-state index contributed by atoms with van der Waals surface area (Å²) in [7, 11) is 3.39.